The van der Waals surface area contributed by atoms with Crippen LogP contribution in [-0.4, -0.2) is 9.55 Å². The fraction of sp³-hybridized carbons (Fsp3) is 0.0339. The molecule has 13 rings (SSSR count). The number of nitrogens with zero attached hydrogens (tertiary/aromatic N) is 2. The van der Waals surface area contributed by atoms with Crippen LogP contribution >= 0.6 is 11.3 Å². The Bertz CT molecular complexity index is 3950. The second-order valence-corrected chi connectivity index (χ2v) is 17.7. The van der Waals surface area contributed by atoms with E-state index in [0.717, 1.165) is 33.6 Å². The van der Waals surface area contributed by atoms with E-state index in [2.05, 4.69) is 213 Å². The van der Waals surface area contributed by atoms with Crippen LogP contribution in [0.5, 0.6) is 0 Å². The number of para-hydroxylation sites is 2. The third kappa shape index (κ3) is 5.06. The molecule has 0 radical (unpaired) electrons. The van der Waals surface area contributed by atoms with Crippen molar-refractivity contribution in [3.05, 3.63) is 205 Å². The van der Waals surface area contributed by atoms with Crippen molar-refractivity contribution in [3.63, 3.8) is 0 Å². The van der Waals surface area contributed by atoms with Crippen LogP contribution in [0.2, 0.25) is 0 Å². The molecule has 3 heteroatoms. The van der Waals surface area contributed by atoms with E-state index in [4.69, 9.17) is 4.98 Å². The summed E-state index contributed by atoms with van der Waals surface area (Å²) in [5.74, 6) is 0. The number of aromatic nitrogens is 2. The van der Waals surface area contributed by atoms with Gasteiger partial charge in [0.05, 0.1) is 28.1 Å². The highest BCUT2D eigenvalue weighted by Crippen LogP contribution is 2.50. The molecule has 0 spiro atoms. The second-order valence-electron chi connectivity index (χ2n) is 16.7. The second kappa shape index (κ2) is 13.5. The Morgan fingerprint density at radius 1 is 0.371 bits per heavy atom. The summed E-state index contributed by atoms with van der Waals surface area (Å²) < 4.78 is 5.07. The molecule has 0 aliphatic heterocycles. The summed E-state index contributed by atoms with van der Waals surface area (Å²) in [7, 11) is 0. The van der Waals surface area contributed by atoms with Crippen molar-refractivity contribution in [1.29, 1.82) is 0 Å². The third-order valence-electron chi connectivity index (χ3n) is 13.3. The van der Waals surface area contributed by atoms with Gasteiger partial charge in [-0.2, -0.15) is 0 Å². The summed E-state index contributed by atoms with van der Waals surface area (Å²) >= 11 is 1.92. The lowest BCUT2D eigenvalue weighted by atomic mass is 9.89. The van der Waals surface area contributed by atoms with Crippen LogP contribution in [0.15, 0.2) is 194 Å². The fourth-order valence-electron chi connectivity index (χ4n) is 10.5. The monoisotopic (exact) mass is 806 g/mol. The van der Waals surface area contributed by atoms with E-state index in [9.17, 15) is 0 Å². The van der Waals surface area contributed by atoms with Crippen molar-refractivity contribution in [3.8, 4) is 39.3 Å². The molecule has 3 aromatic heterocycles. The SMILES string of the molecule is Cc1c(-c2ccccc2)nc(-c2ccc(-c3cc4cc5ccccc5cc4c4ccccc34)c3sc4c5ccccc5ccc4c23)c(C)c1-n1c2ccccc2c2ccccc21. The van der Waals surface area contributed by atoms with E-state index in [0.29, 0.717) is 0 Å². The van der Waals surface area contributed by atoms with Gasteiger partial charge in [-0.05, 0) is 104 Å². The van der Waals surface area contributed by atoms with Gasteiger partial charge in [-0.1, -0.05) is 164 Å². The maximum Gasteiger partial charge on any atom is 0.0766 e. The van der Waals surface area contributed by atoms with Gasteiger partial charge in [-0.15, -0.1) is 11.3 Å². The van der Waals surface area contributed by atoms with Gasteiger partial charge in [0.1, 0.15) is 0 Å². The van der Waals surface area contributed by atoms with Crippen LogP contribution in [0.3, 0.4) is 0 Å². The Morgan fingerprint density at radius 3 is 1.69 bits per heavy atom. The number of rotatable bonds is 4. The molecule has 2 nitrogen and oxygen atoms in total. The number of fused-ring (bicyclic) bond motifs is 12. The van der Waals surface area contributed by atoms with Crippen molar-refractivity contribution in [2.45, 2.75) is 13.8 Å². The Morgan fingerprint density at radius 2 is 0.952 bits per heavy atom. The van der Waals surface area contributed by atoms with Gasteiger partial charge in [-0.3, -0.25) is 0 Å². The fourth-order valence-corrected chi connectivity index (χ4v) is 11.9. The quantitative estimate of drug-likeness (QED) is 0.128. The van der Waals surface area contributed by atoms with Crippen LogP contribution in [0.25, 0.3) is 124 Å². The lowest BCUT2D eigenvalue weighted by Crippen LogP contribution is -2.06. The van der Waals surface area contributed by atoms with E-state index >= 15 is 0 Å². The van der Waals surface area contributed by atoms with Gasteiger partial charge in [0.15, 0.2) is 0 Å². The van der Waals surface area contributed by atoms with Crippen LogP contribution in [0.4, 0.5) is 0 Å². The van der Waals surface area contributed by atoms with Gasteiger partial charge in [0.25, 0.3) is 0 Å². The number of pyridine rings is 1. The van der Waals surface area contributed by atoms with Crippen molar-refractivity contribution >= 4 is 96.4 Å². The van der Waals surface area contributed by atoms with E-state index in [-0.39, 0.29) is 0 Å². The Balaban J connectivity index is 1.17. The smallest absolute Gasteiger partial charge is 0.0766 e. The van der Waals surface area contributed by atoms with E-state index in [1.165, 1.54) is 102 Å². The molecule has 0 atom stereocenters. The molecule has 13 aromatic rings. The van der Waals surface area contributed by atoms with Gasteiger partial charge in [-0.25, -0.2) is 4.98 Å². The summed E-state index contributed by atoms with van der Waals surface area (Å²) in [4.78, 5) is 5.76. The number of hydrogen-bond donors (Lipinski definition) is 0. The number of thiophene rings is 1. The number of benzene rings is 10. The van der Waals surface area contributed by atoms with Crippen molar-refractivity contribution in [1.82, 2.24) is 9.55 Å². The van der Waals surface area contributed by atoms with Gasteiger partial charge >= 0.3 is 0 Å². The Kier molecular flexibility index (Phi) is 7.64. The van der Waals surface area contributed by atoms with Crippen LogP contribution < -0.4 is 0 Å². The Hall–Kier alpha value is -7.59. The molecule has 10 aromatic carbocycles. The largest absolute Gasteiger partial charge is 0.309 e. The summed E-state index contributed by atoms with van der Waals surface area (Å²) in [5.41, 5.74) is 12.6. The third-order valence-corrected chi connectivity index (χ3v) is 14.5. The standard InChI is InChI=1S/C59H38N2S/c1-35-55(38-17-4-3-5-18-38)60-56(36(2)57(35)61-52-26-14-12-24-45(52)46-25-13-15-27-53(46)61)48-31-30-47(59-54(48)49-29-28-37-16-8-9-21-42(37)58(49)62-59)51-34-41-32-39-19-6-7-20-40(39)33-50(41)43-22-10-11-23-44(43)51/h3-34H,1-2H3. The summed E-state index contributed by atoms with van der Waals surface area (Å²) in [6.07, 6.45) is 0. The van der Waals surface area contributed by atoms with E-state index < -0.39 is 0 Å². The molecular weight excluding hydrogens is 769 g/mol. The van der Waals surface area contributed by atoms with Crippen molar-refractivity contribution in [2.75, 3.05) is 0 Å². The average molecular weight is 807 g/mol. The lowest BCUT2D eigenvalue weighted by molar-refractivity contribution is 1.09. The first kappa shape index (κ1) is 35.2. The molecule has 0 unspecified atom stereocenters. The first-order valence-corrected chi connectivity index (χ1v) is 22.2. The zero-order chi connectivity index (χ0) is 41.1. The highest BCUT2D eigenvalue weighted by Gasteiger charge is 2.25. The predicted octanol–water partition coefficient (Wildman–Crippen LogP) is 16.8. The van der Waals surface area contributed by atoms with Crippen molar-refractivity contribution in [2.24, 2.45) is 0 Å². The molecule has 0 aliphatic rings. The van der Waals surface area contributed by atoms with Crippen molar-refractivity contribution < 1.29 is 0 Å². The summed E-state index contributed by atoms with van der Waals surface area (Å²) in [6.45, 7) is 4.54. The topological polar surface area (TPSA) is 17.8 Å². The zero-order valence-corrected chi connectivity index (χ0v) is 35.1. The van der Waals surface area contributed by atoms with Crippen LogP contribution in [0.1, 0.15) is 11.1 Å². The van der Waals surface area contributed by atoms with Gasteiger partial charge < -0.3 is 4.57 Å². The molecule has 0 saturated carbocycles. The molecule has 0 N–H and O–H groups in total. The molecule has 290 valence electrons. The molecular formula is C59H38N2S. The van der Waals surface area contributed by atoms with Gasteiger partial charge in [0.2, 0.25) is 0 Å². The van der Waals surface area contributed by atoms with Crippen LogP contribution in [0, 0.1) is 13.8 Å². The molecule has 3 heterocycles. The molecule has 0 saturated heterocycles. The van der Waals surface area contributed by atoms with Gasteiger partial charge in [0, 0.05) is 47.6 Å². The predicted molar refractivity (Wildman–Crippen MR) is 267 cm³/mol. The normalized spacial score (nSPS) is 12.0. The first-order chi connectivity index (χ1) is 30.6. The molecule has 0 amide bonds. The van der Waals surface area contributed by atoms with E-state index in [1.54, 1.807) is 0 Å². The molecule has 0 bridgehead atoms. The Labute approximate surface area is 362 Å². The number of hydrogen-bond acceptors (Lipinski definition) is 2. The maximum absolute atomic E-state index is 5.76. The average Bonchev–Trinajstić information content (AvgIpc) is 3.88. The lowest BCUT2D eigenvalue weighted by Gasteiger charge is -2.21. The summed E-state index contributed by atoms with van der Waals surface area (Å²) in [5, 5.41) is 15.1. The summed E-state index contributed by atoms with van der Waals surface area (Å²) in [6, 6.07) is 71.4. The van der Waals surface area contributed by atoms with E-state index in [1.807, 2.05) is 11.3 Å². The molecule has 0 fully saturated rings. The molecule has 62 heavy (non-hydrogen) atoms. The zero-order valence-electron chi connectivity index (χ0n) is 34.3. The molecule has 0 aliphatic carbocycles. The highest BCUT2D eigenvalue weighted by molar-refractivity contribution is 7.27. The van der Waals surface area contributed by atoms with Crippen LogP contribution in [-0.2, 0) is 0 Å². The minimum atomic E-state index is 0.998. The minimum absolute atomic E-state index is 0.998. The minimum Gasteiger partial charge on any atom is -0.309 e. The maximum atomic E-state index is 5.76. The first-order valence-electron chi connectivity index (χ1n) is 21.4. The highest BCUT2D eigenvalue weighted by atomic mass is 32.1.